The lowest BCUT2D eigenvalue weighted by Gasteiger charge is -2.11. The van der Waals surface area contributed by atoms with E-state index >= 15 is 0 Å². The van der Waals surface area contributed by atoms with Gasteiger partial charge in [-0.2, -0.15) is 0 Å². The molecule has 0 bridgehead atoms. The third-order valence-corrected chi connectivity index (χ3v) is 9.68. The third-order valence-electron chi connectivity index (χ3n) is 9.68. The molecule has 10 rings (SSSR count). The van der Waals surface area contributed by atoms with Crippen molar-refractivity contribution in [1.82, 2.24) is 15.0 Å². The number of pyridine rings is 1. The van der Waals surface area contributed by atoms with E-state index < -0.39 is 0 Å². The number of rotatable bonds is 5. The van der Waals surface area contributed by atoms with Gasteiger partial charge in [-0.1, -0.05) is 152 Å². The van der Waals surface area contributed by atoms with Crippen LogP contribution >= 0.6 is 0 Å². The predicted octanol–water partition coefficient (Wildman–Crippen LogP) is 12.4. The van der Waals surface area contributed by atoms with E-state index in [2.05, 4.69) is 127 Å². The van der Waals surface area contributed by atoms with Gasteiger partial charge in [0, 0.05) is 38.4 Å². The van der Waals surface area contributed by atoms with E-state index in [1.54, 1.807) is 0 Å². The fraction of sp³-hybridized carbons (Fsp3) is 0. The molecule has 0 radical (unpaired) electrons. The summed E-state index contributed by atoms with van der Waals surface area (Å²) in [4.78, 5) is 15.2. The summed E-state index contributed by atoms with van der Waals surface area (Å²) in [6.45, 7) is 0. The second-order valence-electron chi connectivity index (χ2n) is 12.8. The molecule has 0 aliphatic rings. The number of aromatic nitrogens is 3. The highest BCUT2D eigenvalue weighted by molar-refractivity contribution is 6.27. The molecule has 0 saturated carbocycles. The Kier molecular flexibility index (Phi) is 6.78. The maximum Gasteiger partial charge on any atom is 0.162 e. The Morgan fingerprint density at radius 1 is 0.373 bits per heavy atom. The molecule has 0 saturated heterocycles. The number of hydrogen-bond donors (Lipinski definition) is 0. The first kappa shape index (κ1) is 29.0. The van der Waals surface area contributed by atoms with Crippen LogP contribution in [0.4, 0.5) is 0 Å². The summed E-state index contributed by atoms with van der Waals surface area (Å²) in [5.74, 6) is 0.705. The predicted molar refractivity (Wildman–Crippen MR) is 209 cm³/mol. The van der Waals surface area contributed by atoms with Crippen LogP contribution in [0.15, 0.2) is 180 Å². The van der Waals surface area contributed by atoms with Gasteiger partial charge in [0.15, 0.2) is 11.4 Å². The normalized spacial score (nSPS) is 11.5. The van der Waals surface area contributed by atoms with Gasteiger partial charge in [-0.05, 0) is 46.2 Å². The van der Waals surface area contributed by atoms with Crippen molar-refractivity contribution in [1.29, 1.82) is 0 Å². The van der Waals surface area contributed by atoms with E-state index in [1.165, 1.54) is 10.8 Å². The molecule has 0 unspecified atom stereocenters. The van der Waals surface area contributed by atoms with Gasteiger partial charge in [0.1, 0.15) is 11.3 Å². The fourth-order valence-corrected chi connectivity index (χ4v) is 7.19. The van der Waals surface area contributed by atoms with Crippen LogP contribution < -0.4 is 0 Å². The molecule has 7 aromatic carbocycles. The number of hydrogen-bond acceptors (Lipinski definition) is 4. The Hall–Kier alpha value is -6.91. The lowest BCUT2D eigenvalue weighted by Crippen LogP contribution is -1.95. The molecular formula is C47H29N3O. The standard InChI is InChI=1S/C47H29N3O/c1-3-13-32(14-4-1)40-29-41(50-47(49-40)34-15-5-2-6-16-34)33-24-22-30(23-25-33)35-17-11-18-36(28-35)45-46-44(38-20-9-10-21-42(38)51-46)43-37-19-8-7-12-31(37)26-27-39(43)48-45/h1-29H. The number of para-hydroxylation sites is 1. The summed E-state index contributed by atoms with van der Waals surface area (Å²) >= 11 is 0. The Morgan fingerprint density at radius 3 is 1.76 bits per heavy atom. The molecular weight excluding hydrogens is 623 g/mol. The third kappa shape index (κ3) is 5.04. The van der Waals surface area contributed by atoms with Gasteiger partial charge < -0.3 is 4.42 Å². The molecule has 0 amide bonds. The van der Waals surface area contributed by atoms with E-state index in [0.29, 0.717) is 5.82 Å². The van der Waals surface area contributed by atoms with E-state index in [9.17, 15) is 0 Å². The van der Waals surface area contributed by atoms with E-state index in [-0.39, 0.29) is 0 Å². The number of nitrogens with zero attached hydrogens (tertiary/aromatic N) is 3. The van der Waals surface area contributed by atoms with Crippen LogP contribution in [-0.4, -0.2) is 15.0 Å². The van der Waals surface area contributed by atoms with Crippen molar-refractivity contribution in [2.45, 2.75) is 0 Å². The molecule has 3 aromatic heterocycles. The van der Waals surface area contributed by atoms with Gasteiger partial charge in [-0.15, -0.1) is 0 Å². The monoisotopic (exact) mass is 651 g/mol. The summed E-state index contributed by atoms with van der Waals surface area (Å²) in [5, 5.41) is 5.69. The first-order chi connectivity index (χ1) is 25.3. The second-order valence-corrected chi connectivity index (χ2v) is 12.8. The Bertz CT molecular complexity index is 2840. The Morgan fingerprint density at radius 2 is 0.980 bits per heavy atom. The van der Waals surface area contributed by atoms with Gasteiger partial charge in [0.25, 0.3) is 0 Å². The molecule has 0 aliphatic carbocycles. The number of fused-ring (bicyclic) bond motifs is 7. The molecule has 10 aromatic rings. The minimum Gasteiger partial charge on any atom is -0.454 e. The van der Waals surface area contributed by atoms with Crippen molar-refractivity contribution >= 4 is 43.6 Å². The molecule has 4 nitrogen and oxygen atoms in total. The molecule has 0 atom stereocenters. The molecule has 51 heavy (non-hydrogen) atoms. The Balaban J connectivity index is 1.08. The van der Waals surface area contributed by atoms with Gasteiger partial charge in [-0.25, -0.2) is 15.0 Å². The zero-order valence-electron chi connectivity index (χ0n) is 27.5. The lowest BCUT2D eigenvalue weighted by molar-refractivity contribution is 0.669. The highest BCUT2D eigenvalue weighted by atomic mass is 16.3. The van der Waals surface area contributed by atoms with Gasteiger partial charge in [-0.3, -0.25) is 0 Å². The van der Waals surface area contributed by atoms with Crippen molar-refractivity contribution in [3.63, 3.8) is 0 Å². The average molecular weight is 652 g/mol. The zero-order chi connectivity index (χ0) is 33.7. The summed E-state index contributed by atoms with van der Waals surface area (Å²) < 4.78 is 6.61. The topological polar surface area (TPSA) is 51.8 Å². The van der Waals surface area contributed by atoms with E-state index in [4.69, 9.17) is 19.4 Å². The van der Waals surface area contributed by atoms with E-state index in [1.807, 2.05) is 48.5 Å². The minimum atomic E-state index is 0.705. The zero-order valence-corrected chi connectivity index (χ0v) is 27.5. The highest BCUT2D eigenvalue weighted by Gasteiger charge is 2.19. The van der Waals surface area contributed by atoms with Crippen LogP contribution in [0.1, 0.15) is 0 Å². The summed E-state index contributed by atoms with van der Waals surface area (Å²) in [7, 11) is 0. The highest BCUT2D eigenvalue weighted by Crippen LogP contribution is 2.42. The maximum atomic E-state index is 6.61. The molecule has 0 spiro atoms. The number of furan rings is 1. The smallest absolute Gasteiger partial charge is 0.162 e. The van der Waals surface area contributed by atoms with Gasteiger partial charge in [0.2, 0.25) is 0 Å². The average Bonchev–Trinajstić information content (AvgIpc) is 3.61. The largest absolute Gasteiger partial charge is 0.454 e. The maximum absolute atomic E-state index is 6.61. The quantitative estimate of drug-likeness (QED) is 0.174. The van der Waals surface area contributed by atoms with Crippen LogP contribution in [0, 0.1) is 0 Å². The van der Waals surface area contributed by atoms with Crippen LogP contribution in [0.2, 0.25) is 0 Å². The van der Waals surface area contributed by atoms with Crippen LogP contribution in [0.5, 0.6) is 0 Å². The van der Waals surface area contributed by atoms with Crippen LogP contribution in [0.3, 0.4) is 0 Å². The lowest BCUT2D eigenvalue weighted by atomic mass is 9.96. The SMILES string of the molecule is c1ccc(-c2cc(-c3ccc(-c4cccc(-c5nc6ccc7ccccc7c6c6c5oc5ccccc56)c4)cc3)nc(-c3ccccc3)n2)cc1. The van der Waals surface area contributed by atoms with Crippen molar-refractivity contribution < 1.29 is 4.42 Å². The second kappa shape index (κ2) is 11.9. The summed E-state index contributed by atoms with van der Waals surface area (Å²) in [5.41, 5.74) is 11.5. The molecule has 3 heterocycles. The molecule has 0 aliphatic heterocycles. The number of benzene rings is 7. The van der Waals surface area contributed by atoms with Crippen LogP contribution in [-0.2, 0) is 0 Å². The van der Waals surface area contributed by atoms with Crippen LogP contribution in [0.25, 0.3) is 99.9 Å². The molecule has 4 heteroatoms. The summed E-state index contributed by atoms with van der Waals surface area (Å²) in [6.07, 6.45) is 0. The van der Waals surface area contributed by atoms with Crippen molar-refractivity contribution in [3.05, 3.63) is 176 Å². The Labute approximate surface area is 294 Å². The first-order valence-electron chi connectivity index (χ1n) is 17.1. The molecule has 0 N–H and O–H groups in total. The minimum absolute atomic E-state index is 0.705. The fourth-order valence-electron chi connectivity index (χ4n) is 7.19. The van der Waals surface area contributed by atoms with E-state index in [0.717, 1.165) is 83.3 Å². The van der Waals surface area contributed by atoms with Gasteiger partial charge >= 0.3 is 0 Å². The summed E-state index contributed by atoms with van der Waals surface area (Å²) in [6, 6.07) is 60.8. The molecule has 0 fully saturated rings. The first-order valence-corrected chi connectivity index (χ1v) is 17.1. The molecule has 238 valence electrons. The van der Waals surface area contributed by atoms with Crippen molar-refractivity contribution in [3.8, 4) is 56.3 Å². The van der Waals surface area contributed by atoms with Gasteiger partial charge in [0.05, 0.1) is 16.9 Å². The van der Waals surface area contributed by atoms with Crippen molar-refractivity contribution in [2.24, 2.45) is 0 Å². The van der Waals surface area contributed by atoms with Crippen molar-refractivity contribution in [2.75, 3.05) is 0 Å².